The van der Waals surface area contributed by atoms with Gasteiger partial charge in [-0.2, -0.15) is 0 Å². The molecule has 20 heavy (non-hydrogen) atoms. The van der Waals surface area contributed by atoms with E-state index in [0.717, 1.165) is 24.8 Å². The number of methoxy groups -OCH3 is 1. The minimum atomic E-state index is -0.239. The number of hydrogen-bond donors (Lipinski definition) is 0. The fourth-order valence-electron chi connectivity index (χ4n) is 2.28. The highest BCUT2D eigenvalue weighted by Crippen LogP contribution is 2.16. The Kier molecular flexibility index (Phi) is 7.31. The van der Waals surface area contributed by atoms with Gasteiger partial charge in [-0.15, -0.1) is 0 Å². The zero-order chi connectivity index (χ0) is 15.0. The van der Waals surface area contributed by atoms with Gasteiger partial charge in [0.1, 0.15) is 6.10 Å². The molecule has 3 heteroatoms. The molecule has 0 aliphatic rings. The van der Waals surface area contributed by atoms with Gasteiger partial charge >= 0.3 is 5.97 Å². The second-order valence-electron chi connectivity index (χ2n) is 5.52. The molecule has 112 valence electrons. The summed E-state index contributed by atoms with van der Waals surface area (Å²) < 4.78 is 10.8. The van der Waals surface area contributed by atoms with E-state index in [4.69, 9.17) is 9.47 Å². The Morgan fingerprint density at radius 3 is 2.55 bits per heavy atom. The first-order chi connectivity index (χ1) is 9.58. The lowest BCUT2D eigenvalue weighted by Crippen LogP contribution is -2.25. The molecule has 0 saturated heterocycles. The number of ether oxygens (including phenoxy) is 2. The molecule has 0 heterocycles. The summed E-state index contributed by atoms with van der Waals surface area (Å²) in [4.78, 5) is 12.3. The highest BCUT2D eigenvalue weighted by molar-refractivity contribution is 5.91. The second-order valence-corrected chi connectivity index (χ2v) is 5.52. The zero-order valence-corrected chi connectivity index (χ0v) is 13.0. The van der Waals surface area contributed by atoms with E-state index >= 15 is 0 Å². The maximum absolute atomic E-state index is 12.3. The van der Waals surface area contributed by atoms with Crippen LogP contribution in [0.15, 0.2) is 24.3 Å². The van der Waals surface area contributed by atoms with Crippen LogP contribution in [0.2, 0.25) is 0 Å². The van der Waals surface area contributed by atoms with Crippen LogP contribution in [-0.2, 0) is 15.9 Å². The Hall–Kier alpha value is -1.35. The Morgan fingerprint density at radius 1 is 1.25 bits per heavy atom. The molecule has 0 fully saturated rings. The van der Waals surface area contributed by atoms with Crippen LogP contribution in [0.1, 0.15) is 49.5 Å². The number of rotatable bonds is 8. The van der Waals surface area contributed by atoms with E-state index in [-0.39, 0.29) is 12.1 Å². The largest absolute Gasteiger partial charge is 0.456 e. The van der Waals surface area contributed by atoms with Gasteiger partial charge in [0.2, 0.25) is 0 Å². The molecule has 0 radical (unpaired) electrons. The van der Waals surface area contributed by atoms with Gasteiger partial charge in [0.15, 0.2) is 0 Å². The van der Waals surface area contributed by atoms with Crippen molar-refractivity contribution >= 4 is 5.97 Å². The summed E-state index contributed by atoms with van der Waals surface area (Å²) in [7, 11) is 1.63. The molecule has 1 rings (SSSR count). The van der Waals surface area contributed by atoms with E-state index < -0.39 is 0 Å². The maximum atomic E-state index is 12.3. The van der Waals surface area contributed by atoms with E-state index in [2.05, 4.69) is 20.8 Å². The van der Waals surface area contributed by atoms with Crippen LogP contribution in [0.25, 0.3) is 0 Å². The fourth-order valence-corrected chi connectivity index (χ4v) is 2.28. The van der Waals surface area contributed by atoms with Crippen molar-refractivity contribution in [2.45, 2.75) is 46.1 Å². The molecule has 0 amide bonds. The lowest BCUT2D eigenvalue weighted by molar-refractivity contribution is -0.000776. The number of carbonyl (C=O) groups excluding carboxylic acids is 1. The molecule has 0 aliphatic carbocycles. The molecule has 0 aliphatic heterocycles. The van der Waals surface area contributed by atoms with Crippen molar-refractivity contribution in [1.29, 1.82) is 0 Å². The van der Waals surface area contributed by atoms with Gasteiger partial charge < -0.3 is 9.47 Å². The first-order valence-electron chi connectivity index (χ1n) is 7.36. The van der Waals surface area contributed by atoms with Crippen LogP contribution in [0.4, 0.5) is 0 Å². The molecule has 0 aromatic heterocycles. The molecule has 0 N–H and O–H groups in total. The monoisotopic (exact) mass is 278 g/mol. The summed E-state index contributed by atoms with van der Waals surface area (Å²) in [5.74, 6) is 0.227. The summed E-state index contributed by atoms with van der Waals surface area (Å²) in [5.41, 5.74) is 1.74. The predicted molar refractivity (Wildman–Crippen MR) is 81.0 cm³/mol. The summed E-state index contributed by atoms with van der Waals surface area (Å²) in [6, 6.07) is 7.67. The summed E-state index contributed by atoms with van der Waals surface area (Å²) in [6.45, 7) is 6.78. The number of carbonyl (C=O) groups is 1. The minimum absolute atomic E-state index is 0.179. The number of esters is 1. The van der Waals surface area contributed by atoms with Crippen LogP contribution in [0, 0.1) is 5.92 Å². The number of hydrogen-bond acceptors (Lipinski definition) is 3. The van der Waals surface area contributed by atoms with Crippen molar-refractivity contribution in [3.63, 3.8) is 0 Å². The molecule has 1 unspecified atom stereocenters. The summed E-state index contributed by atoms with van der Waals surface area (Å²) >= 11 is 0. The second kappa shape index (κ2) is 8.75. The summed E-state index contributed by atoms with van der Waals surface area (Å²) in [5, 5.41) is 0. The smallest absolute Gasteiger partial charge is 0.338 e. The molecule has 1 aromatic carbocycles. The van der Waals surface area contributed by atoms with E-state index in [9.17, 15) is 4.79 Å². The molecular weight excluding hydrogens is 252 g/mol. The van der Waals surface area contributed by atoms with Crippen LogP contribution in [0.3, 0.4) is 0 Å². The van der Waals surface area contributed by atoms with E-state index in [1.165, 1.54) is 0 Å². The predicted octanol–water partition coefficient (Wildman–Crippen LogP) is 3.86. The van der Waals surface area contributed by atoms with Crippen molar-refractivity contribution in [1.82, 2.24) is 0 Å². The van der Waals surface area contributed by atoms with Crippen molar-refractivity contribution in [2.75, 3.05) is 13.7 Å². The summed E-state index contributed by atoms with van der Waals surface area (Å²) in [6.07, 6.45) is 2.54. The third kappa shape index (κ3) is 5.33. The Morgan fingerprint density at radius 2 is 1.95 bits per heavy atom. The van der Waals surface area contributed by atoms with Gasteiger partial charge in [-0.3, -0.25) is 0 Å². The lowest BCUT2D eigenvalue weighted by atomic mass is 10.0. The molecule has 0 spiro atoms. The maximum Gasteiger partial charge on any atom is 0.338 e. The molecule has 0 bridgehead atoms. The molecule has 1 atom stereocenters. The van der Waals surface area contributed by atoms with E-state index in [0.29, 0.717) is 18.1 Å². The van der Waals surface area contributed by atoms with Crippen LogP contribution < -0.4 is 0 Å². The van der Waals surface area contributed by atoms with Crippen LogP contribution in [0.5, 0.6) is 0 Å². The first-order valence-corrected chi connectivity index (χ1v) is 7.36. The van der Waals surface area contributed by atoms with Gasteiger partial charge in [0.05, 0.1) is 12.2 Å². The van der Waals surface area contributed by atoms with Gasteiger partial charge in [-0.25, -0.2) is 4.79 Å². The molecule has 0 saturated carbocycles. The topological polar surface area (TPSA) is 35.5 Å². The molecule has 1 aromatic rings. The van der Waals surface area contributed by atoms with E-state index in [1.54, 1.807) is 7.11 Å². The SMILES string of the molecule is CCCc1ccccc1C(=O)OC(COC)CC(C)C. The Balaban J connectivity index is 2.77. The highest BCUT2D eigenvalue weighted by atomic mass is 16.6. The molecular formula is C17H26O3. The van der Waals surface area contributed by atoms with Crippen molar-refractivity contribution in [2.24, 2.45) is 5.92 Å². The third-order valence-electron chi connectivity index (χ3n) is 3.12. The van der Waals surface area contributed by atoms with Gasteiger partial charge in [-0.05, 0) is 30.4 Å². The van der Waals surface area contributed by atoms with Crippen molar-refractivity contribution in [3.8, 4) is 0 Å². The number of benzene rings is 1. The van der Waals surface area contributed by atoms with Gasteiger partial charge in [-0.1, -0.05) is 45.4 Å². The van der Waals surface area contributed by atoms with Crippen molar-refractivity contribution in [3.05, 3.63) is 35.4 Å². The quantitative estimate of drug-likeness (QED) is 0.677. The third-order valence-corrected chi connectivity index (χ3v) is 3.12. The van der Waals surface area contributed by atoms with Gasteiger partial charge in [0, 0.05) is 7.11 Å². The highest BCUT2D eigenvalue weighted by Gasteiger charge is 2.19. The fraction of sp³-hybridized carbons (Fsp3) is 0.588. The first kappa shape index (κ1) is 16.7. The lowest BCUT2D eigenvalue weighted by Gasteiger charge is -2.19. The van der Waals surface area contributed by atoms with Crippen LogP contribution in [-0.4, -0.2) is 25.8 Å². The molecule has 3 nitrogen and oxygen atoms in total. The van der Waals surface area contributed by atoms with E-state index in [1.807, 2.05) is 24.3 Å². The normalized spacial score (nSPS) is 12.4. The van der Waals surface area contributed by atoms with Gasteiger partial charge in [0.25, 0.3) is 0 Å². The van der Waals surface area contributed by atoms with Crippen molar-refractivity contribution < 1.29 is 14.3 Å². The van der Waals surface area contributed by atoms with Crippen LogP contribution >= 0.6 is 0 Å². The Bertz CT molecular complexity index is 412. The average molecular weight is 278 g/mol. The standard InChI is InChI=1S/C17H26O3/c1-5-8-14-9-6-7-10-16(14)17(18)20-15(12-19-4)11-13(2)3/h6-7,9-10,13,15H,5,8,11-12H2,1-4H3. The number of aryl methyl sites for hydroxylation is 1. The Labute approximate surface area is 122 Å². The minimum Gasteiger partial charge on any atom is -0.456 e. The zero-order valence-electron chi connectivity index (χ0n) is 13.0. The average Bonchev–Trinajstić information content (AvgIpc) is 2.39.